The Morgan fingerprint density at radius 3 is 2.41 bits per heavy atom. The highest BCUT2D eigenvalue weighted by Gasteiger charge is 2.40. The Morgan fingerprint density at radius 2 is 1.88 bits per heavy atom. The maximum atomic E-state index is 12.0. The molecular weight excluding hydrogens is 218 g/mol. The quantitative estimate of drug-likeness (QED) is 0.756. The molecule has 0 radical (unpaired) electrons. The van der Waals surface area contributed by atoms with Crippen LogP contribution in [0.15, 0.2) is 0 Å². The highest BCUT2D eigenvalue weighted by Crippen LogP contribution is 2.31. The third-order valence-electron chi connectivity index (χ3n) is 3.91. The van der Waals surface area contributed by atoms with E-state index in [0.717, 1.165) is 32.4 Å². The van der Waals surface area contributed by atoms with Crippen LogP contribution >= 0.6 is 0 Å². The highest BCUT2D eigenvalue weighted by atomic mass is 16.7. The minimum absolute atomic E-state index is 0.284. The Morgan fingerprint density at radius 1 is 1.29 bits per heavy atom. The van der Waals surface area contributed by atoms with Gasteiger partial charge in [-0.2, -0.15) is 0 Å². The van der Waals surface area contributed by atoms with Gasteiger partial charge in [-0.05, 0) is 5.92 Å². The molecular formula is C13H23NO3. The molecule has 1 unspecified atom stereocenters. The first-order chi connectivity index (χ1) is 8.15. The molecule has 2 heterocycles. The number of ether oxygens (including phenoxy) is 2. The van der Waals surface area contributed by atoms with Crippen LogP contribution in [0.25, 0.3) is 0 Å². The van der Waals surface area contributed by atoms with Crippen LogP contribution in [0.3, 0.4) is 0 Å². The molecule has 0 aromatic rings. The van der Waals surface area contributed by atoms with E-state index in [0.29, 0.717) is 25.6 Å². The fraction of sp³-hybridized carbons (Fsp3) is 0.923. The Hall–Kier alpha value is -0.610. The van der Waals surface area contributed by atoms with Crippen LogP contribution in [0.4, 0.5) is 0 Å². The molecule has 4 nitrogen and oxygen atoms in total. The van der Waals surface area contributed by atoms with Gasteiger partial charge in [0.05, 0.1) is 13.2 Å². The normalized spacial score (nSPS) is 25.2. The summed E-state index contributed by atoms with van der Waals surface area (Å²) in [7, 11) is 0. The largest absolute Gasteiger partial charge is 0.347 e. The van der Waals surface area contributed by atoms with Gasteiger partial charge in [0, 0.05) is 32.4 Å². The van der Waals surface area contributed by atoms with Gasteiger partial charge < -0.3 is 14.4 Å². The second-order valence-electron chi connectivity index (χ2n) is 5.21. The summed E-state index contributed by atoms with van der Waals surface area (Å²) in [5, 5.41) is 0. The van der Waals surface area contributed by atoms with E-state index in [1.165, 1.54) is 0 Å². The number of amides is 1. The monoisotopic (exact) mass is 241 g/mol. The summed E-state index contributed by atoms with van der Waals surface area (Å²) in [5.74, 6) is 0.400. The third kappa shape index (κ3) is 2.99. The Balaban J connectivity index is 1.80. The van der Waals surface area contributed by atoms with Crippen LogP contribution < -0.4 is 0 Å². The standard InChI is InChI=1S/C13H23NO3/c1-3-11(2)10-12(15)14-6-4-13(5-7-14)16-8-9-17-13/h11H,3-10H2,1-2H3. The van der Waals surface area contributed by atoms with Gasteiger partial charge in [0.2, 0.25) is 5.91 Å². The molecule has 2 aliphatic rings. The number of hydrogen-bond donors (Lipinski definition) is 0. The van der Waals surface area contributed by atoms with E-state index >= 15 is 0 Å². The second-order valence-corrected chi connectivity index (χ2v) is 5.21. The van der Waals surface area contributed by atoms with Gasteiger partial charge in [0.1, 0.15) is 0 Å². The first-order valence-corrected chi connectivity index (χ1v) is 6.71. The summed E-state index contributed by atoms with van der Waals surface area (Å²) in [5.41, 5.74) is 0. The van der Waals surface area contributed by atoms with Crippen LogP contribution in [0.2, 0.25) is 0 Å². The average molecular weight is 241 g/mol. The molecule has 98 valence electrons. The van der Waals surface area contributed by atoms with Gasteiger partial charge in [-0.15, -0.1) is 0 Å². The summed E-state index contributed by atoms with van der Waals surface area (Å²) in [6.07, 6.45) is 3.37. The van der Waals surface area contributed by atoms with Crippen LogP contribution in [0, 0.1) is 5.92 Å². The minimum atomic E-state index is -0.368. The summed E-state index contributed by atoms with van der Waals surface area (Å²) >= 11 is 0. The molecule has 17 heavy (non-hydrogen) atoms. The molecule has 0 N–H and O–H groups in total. The van der Waals surface area contributed by atoms with Crippen molar-refractivity contribution in [3.8, 4) is 0 Å². The SMILES string of the molecule is CCC(C)CC(=O)N1CCC2(CC1)OCCO2. The van der Waals surface area contributed by atoms with E-state index in [1.54, 1.807) is 0 Å². The number of hydrogen-bond acceptors (Lipinski definition) is 3. The third-order valence-corrected chi connectivity index (χ3v) is 3.91. The predicted molar refractivity (Wildman–Crippen MR) is 64.5 cm³/mol. The number of rotatable bonds is 3. The fourth-order valence-electron chi connectivity index (χ4n) is 2.45. The molecule has 2 fully saturated rings. The van der Waals surface area contributed by atoms with E-state index in [-0.39, 0.29) is 11.7 Å². The minimum Gasteiger partial charge on any atom is -0.347 e. The van der Waals surface area contributed by atoms with E-state index < -0.39 is 0 Å². The van der Waals surface area contributed by atoms with Crippen molar-refractivity contribution in [1.82, 2.24) is 4.90 Å². The Kier molecular flexibility index (Phi) is 4.05. The predicted octanol–water partition coefficient (Wildman–Crippen LogP) is 1.79. The molecule has 2 aliphatic heterocycles. The van der Waals surface area contributed by atoms with Crippen LogP contribution in [0.5, 0.6) is 0 Å². The molecule has 0 saturated carbocycles. The van der Waals surface area contributed by atoms with Crippen molar-refractivity contribution in [3.63, 3.8) is 0 Å². The lowest BCUT2D eigenvalue weighted by Crippen LogP contribution is -2.47. The number of carbonyl (C=O) groups is 1. The van der Waals surface area contributed by atoms with Gasteiger partial charge in [-0.3, -0.25) is 4.79 Å². The lowest BCUT2D eigenvalue weighted by atomic mass is 10.0. The molecule has 0 aliphatic carbocycles. The van der Waals surface area contributed by atoms with Crippen molar-refractivity contribution >= 4 is 5.91 Å². The van der Waals surface area contributed by atoms with Gasteiger partial charge in [-0.1, -0.05) is 20.3 Å². The number of piperidine rings is 1. The van der Waals surface area contributed by atoms with Crippen molar-refractivity contribution in [2.24, 2.45) is 5.92 Å². The van der Waals surface area contributed by atoms with E-state index in [9.17, 15) is 4.79 Å². The molecule has 0 aromatic carbocycles. The lowest BCUT2D eigenvalue weighted by Gasteiger charge is -2.37. The zero-order chi connectivity index (χ0) is 12.3. The molecule has 1 spiro atoms. The first kappa shape index (κ1) is 12.8. The van der Waals surface area contributed by atoms with Gasteiger partial charge >= 0.3 is 0 Å². The topological polar surface area (TPSA) is 38.8 Å². The van der Waals surface area contributed by atoms with Crippen molar-refractivity contribution in [3.05, 3.63) is 0 Å². The zero-order valence-electron chi connectivity index (χ0n) is 10.9. The number of carbonyl (C=O) groups excluding carboxylic acids is 1. The second kappa shape index (κ2) is 5.36. The molecule has 2 saturated heterocycles. The molecule has 0 bridgehead atoms. The Bertz CT molecular complexity index is 264. The van der Waals surface area contributed by atoms with Crippen molar-refractivity contribution in [1.29, 1.82) is 0 Å². The van der Waals surface area contributed by atoms with Crippen molar-refractivity contribution in [2.45, 2.75) is 45.3 Å². The summed E-state index contributed by atoms with van der Waals surface area (Å²) in [6.45, 7) is 7.20. The molecule has 2 rings (SSSR count). The summed E-state index contributed by atoms with van der Waals surface area (Å²) < 4.78 is 11.3. The zero-order valence-corrected chi connectivity index (χ0v) is 10.9. The average Bonchev–Trinajstić information content (AvgIpc) is 2.78. The summed E-state index contributed by atoms with van der Waals surface area (Å²) in [4.78, 5) is 14.0. The van der Waals surface area contributed by atoms with Gasteiger partial charge in [0.15, 0.2) is 5.79 Å². The Labute approximate surface area is 103 Å². The van der Waals surface area contributed by atoms with Crippen LogP contribution in [-0.2, 0) is 14.3 Å². The van der Waals surface area contributed by atoms with Gasteiger partial charge in [-0.25, -0.2) is 0 Å². The van der Waals surface area contributed by atoms with E-state index in [1.807, 2.05) is 4.90 Å². The summed E-state index contributed by atoms with van der Waals surface area (Å²) in [6, 6.07) is 0. The number of likely N-dealkylation sites (tertiary alicyclic amines) is 1. The van der Waals surface area contributed by atoms with Crippen molar-refractivity contribution in [2.75, 3.05) is 26.3 Å². The molecule has 1 atom stereocenters. The number of nitrogens with zero attached hydrogens (tertiary/aromatic N) is 1. The molecule has 0 aromatic heterocycles. The lowest BCUT2D eigenvalue weighted by molar-refractivity contribution is -0.187. The van der Waals surface area contributed by atoms with E-state index in [4.69, 9.17) is 9.47 Å². The van der Waals surface area contributed by atoms with Crippen molar-refractivity contribution < 1.29 is 14.3 Å². The molecule has 1 amide bonds. The van der Waals surface area contributed by atoms with E-state index in [2.05, 4.69) is 13.8 Å². The first-order valence-electron chi connectivity index (χ1n) is 6.71. The maximum Gasteiger partial charge on any atom is 0.222 e. The molecule has 4 heteroatoms. The van der Waals surface area contributed by atoms with Gasteiger partial charge in [0.25, 0.3) is 0 Å². The smallest absolute Gasteiger partial charge is 0.222 e. The highest BCUT2D eigenvalue weighted by molar-refractivity contribution is 5.76. The van der Waals surface area contributed by atoms with Crippen LogP contribution in [0.1, 0.15) is 39.5 Å². The van der Waals surface area contributed by atoms with Crippen LogP contribution in [-0.4, -0.2) is 42.9 Å². The fourth-order valence-corrected chi connectivity index (χ4v) is 2.45. The maximum absolute atomic E-state index is 12.0.